The molecule has 1 saturated heterocycles. The molecule has 0 spiro atoms. The lowest BCUT2D eigenvalue weighted by atomic mass is 10.1. The van der Waals surface area contributed by atoms with E-state index >= 15 is 0 Å². The molecule has 6 heteroatoms. The highest BCUT2D eigenvalue weighted by Crippen LogP contribution is 2.25. The Morgan fingerprint density at radius 2 is 1.82 bits per heavy atom. The summed E-state index contributed by atoms with van der Waals surface area (Å²) in [7, 11) is 0. The average molecular weight is 400 g/mol. The van der Waals surface area contributed by atoms with E-state index in [2.05, 4.69) is 32.4 Å². The fourth-order valence-corrected chi connectivity index (χ4v) is 4.36. The first kappa shape index (κ1) is 20.6. The molecule has 1 aliphatic rings. The van der Waals surface area contributed by atoms with E-state index in [4.69, 9.17) is 0 Å². The lowest BCUT2D eigenvalue weighted by Crippen LogP contribution is -2.42. The highest BCUT2D eigenvalue weighted by atomic mass is 32.1. The summed E-state index contributed by atoms with van der Waals surface area (Å²) < 4.78 is 0. The molecule has 2 amide bonds. The van der Waals surface area contributed by atoms with Crippen LogP contribution in [-0.4, -0.2) is 36.3 Å². The van der Waals surface area contributed by atoms with Gasteiger partial charge in [-0.1, -0.05) is 25.0 Å². The molecular weight excluding hydrogens is 370 g/mol. The van der Waals surface area contributed by atoms with Gasteiger partial charge in [-0.3, -0.25) is 14.5 Å². The number of carbonyl (C=O) groups excluding carboxylic acids is 2. The van der Waals surface area contributed by atoms with Gasteiger partial charge in [0.05, 0.1) is 6.04 Å². The van der Waals surface area contributed by atoms with Gasteiger partial charge in [0, 0.05) is 12.2 Å². The number of benzene rings is 1. The van der Waals surface area contributed by atoms with Crippen molar-refractivity contribution in [2.45, 2.75) is 45.6 Å². The van der Waals surface area contributed by atoms with E-state index in [0.29, 0.717) is 12.2 Å². The summed E-state index contributed by atoms with van der Waals surface area (Å²) >= 11 is 1.66. The molecule has 1 aliphatic heterocycles. The number of aryl methyl sites for hydroxylation is 2. The van der Waals surface area contributed by atoms with Gasteiger partial charge in [0.1, 0.15) is 0 Å². The van der Waals surface area contributed by atoms with Crippen LogP contribution in [0.15, 0.2) is 35.0 Å². The monoisotopic (exact) mass is 399 g/mol. The van der Waals surface area contributed by atoms with Gasteiger partial charge < -0.3 is 10.6 Å². The molecule has 1 aromatic carbocycles. The van der Waals surface area contributed by atoms with Gasteiger partial charge in [-0.05, 0) is 79.4 Å². The van der Waals surface area contributed by atoms with Crippen molar-refractivity contribution < 1.29 is 9.59 Å². The second-order valence-corrected chi connectivity index (χ2v) is 8.29. The molecule has 0 bridgehead atoms. The summed E-state index contributed by atoms with van der Waals surface area (Å²) in [5.74, 6) is -1.20. The first-order valence-corrected chi connectivity index (χ1v) is 10.9. The summed E-state index contributed by atoms with van der Waals surface area (Å²) in [5.41, 5.74) is 3.87. The standard InChI is InChI=1S/C22H29N3O2S/c1-16-7-8-17(2)19(13-16)24-22(27)21(26)23-14-20(18-9-12-28-15-18)25-10-5-3-4-6-11-25/h7-9,12-13,15,20H,3-6,10-11,14H2,1-2H3,(H,23,26)(H,24,27). The molecule has 1 aromatic heterocycles. The van der Waals surface area contributed by atoms with Gasteiger partial charge in [0.2, 0.25) is 0 Å². The van der Waals surface area contributed by atoms with Gasteiger partial charge in [-0.15, -0.1) is 0 Å². The Hall–Kier alpha value is -2.18. The number of nitrogens with one attached hydrogen (secondary N) is 2. The molecule has 0 aliphatic carbocycles. The van der Waals surface area contributed by atoms with Crippen LogP contribution in [0.1, 0.15) is 48.4 Å². The summed E-state index contributed by atoms with van der Waals surface area (Å²) in [6, 6.07) is 8.03. The SMILES string of the molecule is Cc1ccc(C)c(NC(=O)C(=O)NCC(c2ccsc2)N2CCCCCC2)c1. The number of amides is 2. The minimum Gasteiger partial charge on any atom is -0.346 e. The number of rotatable bonds is 5. The Labute approximate surface area is 171 Å². The van der Waals surface area contributed by atoms with E-state index in [1.165, 1.54) is 31.2 Å². The number of thiophene rings is 1. The number of carbonyl (C=O) groups is 2. The lowest BCUT2D eigenvalue weighted by Gasteiger charge is -2.30. The number of hydrogen-bond donors (Lipinski definition) is 2. The Morgan fingerprint density at radius 1 is 1.07 bits per heavy atom. The molecule has 1 fully saturated rings. The molecule has 2 aromatic rings. The quantitative estimate of drug-likeness (QED) is 0.746. The van der Waals surface area contributed by atoms with Crippen LogP contribution in [0.5, 0.6) is 0 Å². The smallest absolute Gasteiger partial charge is 0.313 e. The predicted molar refractivity (Wildman–Crippen MR) is 115 cm³/mol. The lowest BCUT2D eigenvalue weighted by molar-refractivity contribution is -0.136. The fraction of sp³-hybridized carbons (Fsp3) is 0.455. The van der Waals surface area contributed by atoms with Crippen LogP contribution in [0.25, 0.3) is 0 Å². The number of likely N-dealkylation sites (tertiary alicyclic amines) is 1. The molecule has 28 heavy (non-hydrogen) atoms. The van der Waals surface area contributed by atoms with E-state index in [1.807, 2.05) is 32.0 Å². The van der Waals surface area contributed by atoms with Crippen molar-refractivity contribution in [1.82, 2.24) is 10.2 Å². The summed E-state index contributed by atoms with van der Waals surface area (Å²) in [5, 5.41) is 9.79. The maximum atomic E-state index is 12.4. The molecule has 0 saturated carbocycles. The number of nitrogens with zero attached hydrogens (tertiary/aromatic N) is 1. The minimum atomic E-state index is -0.617. The van der Waals surface area contributed by atoms with Gasteiger partial charge in [-0.2, -0.15) is 11.3 Å². The second kappa shape index (κ2) is 9.85. The molecule has 3 rings (SSSR count). The zero-order valence-corrected chi connectivity index (χ0v) is 17.5. The van der Waals surface area contributed by atoms with Crippen LogP contribution in [0.2, 0.25) is 0 Å². The van der Waals surface area contributed by atoms with E-state index in [9.17, 15) is 9.59 Å². The van der Waals surface area contributed by atoms with Crippen molar-refractivity contribution in [2.75, 3.05) is 25.0 Å². The minimum absolute atomic E-state index is 0.113. The first-order valence-electron chi connectivity index (χ1n) is 9.97. The van der Waals surface area contributed by atoms with Crippen molar-refractivity contribution >= 4 is 28.8 Å². The van der Waals surface area contributed by atoms with Gasteiger partial charge >= 0.3 is 11.8 Å². The Morgan fingerprint density at radius 3 is 2.50 bits per heavy atom. The van der Waals surface area contributed by atoms with E-state index in [1.54, 1.807) is 11.3 Å². The molecule has 1 unspecified atom stereocenters. The van der Waals surface area contributed by atoms with Gasteiger partial charge in [-0.25, -0.2) is 0 Å². The highest BCUT2D eigenvalue weighted by Gasteiger charge is 2.24. The molecule has 1 atom stereocenters. The maximum Gasteiger partial charge on any atom is 0.313 e. The number of anilines is 1. The normalized spacial score (nSPS) is 16.2. The number of hydrogen-bond acceptors (Lipinski definition) is 4. The topological polar surface area (TPSA) is 61.4 Å². The molecule has 150 valence electrons. The van der Waals surface area contributed by atoms with E-state index in [-0.39, 0.29) is 6.04 Å². The van der Waals surface area contributed by atoms with Crippen LogP contribution in [-0.2, 0) is 9.59 Å². The van der Waals surface area contributed by atoms with E-state index in [0.717, 1.165) is 24.2 Å². The zero-order chi connectivity index (χ0) is 19.9. The van der Waals surface area contributed by atoms with Crippen molar-refractivity contribution in [1.29, 1.82) is 0 Å². The largest absolute Gasteiger partial charge is 0.346 e. The van der Waals surface area contributed by atoms with Crippen LogP contribution >= 0.6 is 11.3 Å². The Balaban J connectivity index is 1.62. The van der Waals surface area contributed by atoms with Gasteiger partial charge in [0.25, 0.3) is 0 Å². The molecule has 0 radical (unpaired) electrons. The molecular formula is C22H29N3O2S. The third-order valence-corrected chi connectivity index (χ3v) is 6.01. The third kappa shape index (κ3) is 5.42. The Bertz CT molecular complexity index is 796. The van der Waals surface area contributed by atoms with Crippen LogP contribution < -0.4 is 10.6 Å². The molecule has 2 heterocycles. The second-order valence-electron chi connectivity index (χ2n) is 7.51. The Kier molecular flexibility index (Phi) is 7.23. The average Bonchev–Trinajstić information content (AvgIpc) is 3.07. The van der Waals surface area contributed by atoms with Crippen molar-refractivity contribution in [3.63, 3.8) is 0 Å². The van der Waals surface area contributed by atoms with Crippen molar-refractivity contribution in [3.05, 3.63) is 51.7 Å². The molecule has 2 N–H and O–H groups in total. The molecule has 5 nitrogen and oxygen atoms in total. The van der Waals surface area contributed by atoms with Crippen molar-refractivity contribution in [3.8, 4) is 0 Å². The summed E-state index contributed by atoms with van der Waals surface area (Å²) in [6.07, 6.45) is 4.89. The maximum absolute atomic E-state index is 12.4. The fourth-order valence-electron chi connectivity index (χ4n) is 3.65. The van der Waals surface area contributed by atoms with E-state index < -0.39 is 11.8 Å². The zero-order valence-electron chi connectivity index (χ0n) is 16.7. The first-order chi connectivity index (χ1) is 13.5. The van der Waals surface area contributed by atoms with Crippen LogP contribution in [0, 0.1) is 13.8 Å². The van der Waals surface area contributed by atoms with Crippen molar-refractivity contribution in [2.24, 2.45) is 0 Å². The third-order valence-electron chi connectivity index (χ3n) is 5.31. The van der Waals surface area contributed by atoms with Gasteiger partial charge in [0.15, 0.2) is 0 Å². The summed E-state index contributed by atoms with van der Waals surface area (Å²) in [4.78, 5) is 27.2. The predicted octanol–water partition coefficient (Wildman–Crippen LogP) is 4.04. The van der Waals surface area contributed by atoms with Crippen LogP contribution in [0.3, 0.4) is 0 Å². The summed E-state index contributed by atoms with van der Waals surface area (Å²) in [6.45, 7) is 6.38. The van der Waals surface area contributed by atoms with Crippen LogP contribution in [0.4, 0.5) is 5.69 Å². The highest BCUT2D eigenvalue weighted by molar-refractivity contribution is 7.08.